The molecule has 0 N–H and O–H groups in total. The molecule has 7 heavy (non-hydrogen) atoms. The summed E-state index contributed by atoms with van der Waals surface area (Å²) in [7, 11) is 0. The van der Waals surface area contributed by atoms with Crippen molar-refractivity contribution in [3.05, 3.63) is 0 Å². The molecule has 0 rings (SSSR count). The Hall–Kier alpha value is 0.580. The molecule has 0 aromatic carbocycles. The topological polar surface area (TPSA) is 0 Å². The van der Waals surface area contributed by atoms with Crippen molar-refractivity contribution in [3.8, 4) is 0 Å². The molecule has 0 saturated heterocycles. The van der Waals surface area contributed by atoms with Crippen molar-refractivity contribution in [3.63, 3.8) is 0 Å². The van der Waals surface area contributed by atoms with Gasteiger partial charge in [0, 0.05) is 0 Å². The van der Waals surface area contributed by atoms with Crippen LogP contribution in [-0.2, 0) is 0 Å². The van der Waals surface area contributed by atoms with Crippen LogP contribution in [0.1, 0.15) is 1.43 Å². The Balaban J connectivity index is 0. The molecular weight excluding hydrogens is 137 g/mol. The molecule has 0 aliphatic heterocycles. The third-order valence-electron chi connectivity index (χ3n) is 0. The molecule has 50 valence electrons. The summed E-state index contributed by atoms with van der Waals surface area (Å²) in [6.07, 6.45) is 0. The fourth-order valence-corrected chi connectivity index (χ4v) is 0. The van der Waals surface area contributed by atoms with Gasteiger partial charge in [-0.15, -0.1) is 0 Å². The molecule has 0 aromatic rings. The quantitative estimate of drug-likeness (QED) is 0.341. The minimum absolute atomic E-state index is 0. The molecular formula is H8F6Na+. The normalized spacial score (nSPS) is 0. The van der Waals surface area contributed by atoms with Crippen LogP contribution in [0, 0.1) is 0 Å². The van der Waals surface area contributed by atoms with Gasteiger partial charge >= 0.3 is 31.0 Å². The first-order valence-electron chi connectivity index (χ1n) is 0. The standard InChI is InChI=1S/6FH.Na.H/h6*1H;;/p+1. The Labute approximate surface area is 59.6 Å². The van der Waals surface area contributed by atoms with Crippen molar-refractivity contribution in [1.29, 1.82) is 0 Å². The van der Waals surface area contributed by atoms with Gasteiger partial charge in [-0.1, -0.05) is 0 Å². The predicted octanol–water partition coefficient (Wildman–Crippen LogP) is 0.379. The van der Waals surface area contributed by atoms with Crippen molar-refractivity contribution in [2.75, 3.05) is 0 Å². The molecule has 0 atom stereocenters. The van der Waals surface area contributed by atoms with Crippen LogP contribution in [0.15, 0.2) is 0 Å². The fourth-order valence-electron chi connectivity index (χ4n) is 0. The van der Waals surface area contributed by atoms with E-state index in [-0.39, 0.29) is 59.2 Å². The van der Waals surface area contributed by atoms with Crippen molar-refractivity contribution in [2.45, 2.75) is 0 Å². The summed E-state index contributed by atoms with van der Waals surface area (Å²) in [5.41, 5.74) is 0. The van der Waals surface area contributed by atoms with Crippen LogP contribution < -0.4 is 0 Å². The van der Waals surface area contributed by atoms with Crippen molar-refractivity contribution < 1.29 is 29.7 Å². The van der Waals surface area contributed by atoms with Crippen LogP contribution in [0.25, 0.3) is 0 Å². The SMILES string of the molecule is F.F.F.F.F.F.[H+].[NaH]. The van der Waals surface area contributed by atoms with Gasteiger partial charge in [0.25, 0.3) is 0 Å². The molecule has 0 heterocycles. The Morgan fingerprint density at radius 2 is 0.429 bits per heavy atom. The van der Waals surface area contributed by atoms with Gasteiger partial charge in [0.1, 0.15) is 0 Å². The third kappa shape index (κ3) is 410. The molecule has 0 amide bonds. The molecule has 0 bridgehead atoms. The zero-order valence-corrected chi connectivity index (χ0v) is 2.45. The van der Waals surface area contributed by atoms with Gasteiger partial charge in [-0.2, -0.15) is 0 Å². The molecule has 0 saturated carbocycles. The third-order valence-corrected chi connectivity index (χ3v) is 0. The van der Waals surface area contributed by atoms with E-state index >= 15 is 0 Å². The van der Waals surface area contributed by atoms with Crippen molar-refractivity contribution in [2.24, 2.45) is 0 Å². The van der Waals surface area contributed by atoms with E-state index in [2.05, 4.69) is 0 Å². The molecule has 0 aliphatic carbocycles. The van der Waals surface area contributed by atoms with E-state index in [0.717, 1.165) is 0 Å². The molecule has 0 spiro atoms. The van der Waals surface area contributed by atoms with Crippen LogP contribution in [0.2, 0.25) is 0 Å². The van der Waals surface area contributed by atoms with E-state index < -0.39 is 0 Å². The summed E-state index contributed by atoms with van der Waals surface area (Å²) >= 11 is 0. The Bertz CT molecular complexity index is 8.49. The minimum atomic E-state index is 0. The first-order valence-corrected chi connectivity index (χ1v) is 0. The van der Waals surface area contributed by atoms with Gasteiger partial charge in [-0.05, 0) is 0 Å². The molecule has 7 heteroatoms. The van der Waals surface area contributed by atoms with Gasteiger partial charge in [0.2, 0.25) is 0 Å². The monoisotopic (exact) mass is 145 g/mol. The molecule has 0 aliphatic rings. The first kappa shape index (κ1) is 976. The van der Waals surface area contributed by atoms with E-state index in [1.165, 1.54) is 0 Å². The zero-order chi connectivity index (χ0) is 0. The number of halogens is 6. The molecule has 0 nitrogen and oxygen atoms in total. The summed E-state index contributed by atoms with van der Waals surface area (Å²) in [6.45, 7) is 0. The maximum absolute atomic E-state index is 0. The van der Waals surface area contributed by atoms with Gasteiger partial charge in [-0.25, -0.2) is 0 Å². The number of hydrogen-bond acceptors (Lipinski definition) is 0. The van der Waals surface area contributed by atoms with Gasteiger partial charge in [0.05, 0.1) is 0 Å². The molecule has 0 aromatic heterocycles. The van der Waals surface area contributed by atoms with Crippen molar-refractivity contribution in [1.82, 2.24) is 0 Å². The van der Waals surface area contributed by atoms with Crippen molar-refractivity contribution >= 4 is 29.6 Å². The predicted molar refractivity (Wildman–Crippen MR) is 23.3 cm³/mol. The number of hydrogen-bond donors (Lipinski definition) is 0. The average Bonchev–Trinajstić information content (AvgIpc) is 0. The van der Waals surface area contributed by atoms with Crippen LogP contribution in [0.3, 0.4) is 0 Å². The van der Waals surface area contributed by atoms with E-state index in [4.69, 9.17) is 0 Å². The van der Waals surface area contributed by atoms with E-state index in [1.54, 1.807) is 0 Å². The van der Waals surface area contributed by atoms with E-state index in [0.29, 0.717) is 0 Å². The number of rotatable bonds is 0. The van der Waals surface area contributed by atoms with Crippen LogP contribution in [-0.4, -0.2) is 29.6 Å². The molecule has 0 radical (unpaired) electrons. The summed E-state index contributed by atoms with van der Waals surface area (Å²) in [6, 6.07) is 0. The fraction of sp³-hybridized carbons (Fsp3) is 0. The first-order chi connectivity index (χ1) is 0. The summed E-state index contributed by atoms with van der Waals surface area (Å²) in [4.78, 5) is 0. The second-order valence-electron chi connectivity index (χ2n) is 0. The van der Waals surface area contributed by atoms with Gasteiger partial charge < -0.3 is 0 Å². The summed E-state index contributed by atoms with van der Waals surface area (Å²) < 4.78 is 0. The summed E-state index contributed by atoms with van der Waals surface area (Å²) in [5.74, 6) is 0. The Kier molecular flexibility index (Phi) is 84900. The van der Waals surface area contributed by atoms with E-state index in [1.807, 2.05) is 0 Å². The van der Waals surface area contributed by atoms with E-state index in [9.17, 15) is 0 Å². The zero-order valence-electron chi connectivity index (χ0n) is 3.45. The Morgan fingerprint density at radius 1 is 0.429 bits per heavy atom. The molecule has 0 unspecified atom stereocenters. The average molecular weight is 145 g/mol. The molecule has 0 fully saturated rings. The second-order valence-corrected chi connectivity index (χ2v) is 0. The summed E-state index contributed by atoms with van der Waals surface area (Å²) in [5, 5.41) is 0. The van der Waals surface area contributed by atoms with Crippen LogP contribution in [0.5, 0.6) is 0 Å². The van der Waals surface area contributed by atoms with Gasteiger partial charge in [0.15, 0.2) is 0 Å². The maximum atomic E-state index is 0. The Morgan fingerprint density at radius 3 is 0.429 bits per heavy atom. The van der Waals surface area contributed by atoms with Gasteiger partial charge in [-0.3, -0.25) is 28.2 Å². The van der Waals surface area contributed by atoms with Crippen LogP contribution >= 0.6 is 0 Å². The van der Waals surface area contributed by atoms with Crippen LogP contribution in [0.4, 0.5) is 28.2 Å². The second kappa shape index (κ2) is 609.